The van der Waals surface area contributed by atoms with Gasteiger partial charge in [0.25, 0.3) is 6.71 Å². The Morgan fingerprint density at radius 2 is 0.658 bits per heavy atom. The van der Waals surface area contributed by atoms with Gasteiger partial charge in [0.1, 0.15) is 0 Å². The summed E-state index contributed by atoms with van der Waals surface area (Å²) in [6.45, 7) is 28.1. The highest BCUT2D eigenvalue weighted by molar-refractivity contribution is 7.00. The van der Waals surface area contributed by atoms with Gasteiger partial charge in [0.2, 0.25) is 0 Å². The summed E-state index contributed by atoms with van der Waals surface area (Å²) in [6.07, 6.45) is 0. The van der Waals surface area contributed by atoms with E-state index in [1.165, 1.54) is 88.4 Å². The van der Waals surface area contributed by atoms with Crippen LogP contribution in [0.3, 0.4) is 0 Å². The van der Waals surface area contributed by atoms with Gasteiger partial charge in [0, 0.05) is 55.8 Å². The van der Waals surface area contributed by atoms with Gasteiger partial charge in [-0.15, -0.1) is 0 Å². The lowest BCUT2D eigenvalue weighted by Gasteiger charge is -2.46. The lowest BCUT2D eigenvalue weighted by atomic mass is 9.33. The van der Waals surface area contributed by atoms with Gasteiger partial charge in [-0.25, -0.2) is 0 Å². The van der Waals surface area contributed by atoms with Crippen molar-refractivity contribution in [2.75, 3.05) is 9.80 Å². The first-order chi connectivity index (χ1) is 53.6. The second kappa shape index (κ2) is 26.0. The highest BCUT2D eigenvalue weighted by Crippen LogP contribution is 2.61. The van der Waals surface area contributed by atoms with Crippen molar-refractivity contribution in [1.29, 1.82) is 0 Å². The summed E-state index contributed by atoms with van der Waals surface area (Å²) >= 11 is 0. The summed E-state index contributed by atoms with van der Waals surface area (Å²) in [5, 5.41) is 2.49. The van der Waals surface area contributed by atoms with E-state index in [0.717, 1.165) is 101 Å². The number of hydrogen-bond acceptors (Lipinski definition) is 2. The summed E-state index contributed by atoms with van der Waals surface area (Å²) in [5.74, 6) is 0. The van der Waals surface area contributed by atoms with Crippen LogP contribution in [0.1, 0.15) is 128 Å². The number of rotatable bonds is 10. The fourth-order valence-electron chi connectivity index (χ4n) is 18.7. The molecule has 2 aliphatic heterocycles. The quantitative estimate of drug-likeness (QED) is 0.126. The number of anilines is 6. The summed E-state index contributed by atoms with van der Waals surface area (Å²) < 4.78 is 2.62. The van der Waals surface area contributed by atoms with Crippen molar-refractivity contribution in [1.82, 2.24) is 4.57 Å². The molecular formula is C107H92BN3. The van der Waals surface area contributed by atoms with Crippen LogP contribution in [-0.4, -0.2) is 11.3 Å². The number of hydrogen-bond donors (Lipinski definition) is 0. The van der Waals surface area contributed by atoms with E-state index in [2.05, 4.69) is 437 Å². The predicted octanol–water partition coefficient (Wildman–Crippen LogP) is 26.8. The molecule has 4 heteroatoms. The zero-order valence-corrected chi connectivity index (χ0v) is 65.8. The van der Waals surface area contributed by atoms with E-state index in [1.807, 2.05) is 0 Å². The fourth-order valence-corrected chi connectivity index (χ4v) is 18.7. The van der Waals surface area contributed by atoms with Crippen molar-refractivity contribution < 1.29 is 0 Å². The molecule has 0 spiro atoms. The third-order valence-corrected chi connectivity index (χ3v) is 24.3. The third-order valence-electron chi connectivity index (χ3n) is 24.3. The Hall–Kier alpha value is -12.2. The lowest BCUT2D eigenvalue weighted by Crippen LogP contribution is -2.61. The molecule has 0 bridgehead atoms. The van der Waals surface area contributed by atoms with Gasteiger partial charge in [-0.3, -0.25) is 0 Å². The molecule has 111 heavy (non-hydrogen) atoms. The SMILES string of the molecule is CC(C)(C)c1ccc2c(c1)B1c3ccc(-c4cccc5c4C(c4ccccc4)(c4ccccc4)c4ccccc4-5)cc3N(c3c(-c4ccccc4)cc(C(C)(C)C)cc3-c3ccccc3)c3cc(-n4c5ccc(C(C)(C)C)cc5c5cc(C(C)(C)C)ccc54)cc(c31)N2c1c(-c2ccccc2)cccc1-c1ccccc1. The Kier molecular flexibility index (Phi) is 16.2. The maximum Gasteiger partial charge on any atom is 0.252 e. The minimum atomic E-state index is -0.672. The second-order valence-corrected chi connectivity index (χ2v) is 35.2. The molecule has 1 aromatic heterocycles. The number of fused-ring (bicyclic) bond motifs is 10. The minimum Gasteiger partial charge on any atom is -0.310 e. The van der Waals surface area contributed by atoms with E-state index in [-0.39, 0.29) is 28.4 Å². The molecule has 0 radical (unpaired) electrons. The normalized spacial score (nSPS) is 13.6. The second-order valence-electron chi connectivity index (χ2n) is 35.2. The Balaban J connectivity index is 1.02. The molecule has 0 saturated heterocycles. The van der Waals surface area contributed by atoms with Crippen molar-refractivity contribution in [2.45, 2.75) is 110 Å². The van der Waals surface area contributed by atoms with Crippen molar-refractivity contribution >= 4 is 79.0 Å². The molecule has 0 atom stereocenters. The molecule has 538 valence electrons. The highest BCUT2D eigenvalue weighted by Gasteiger charge is 2.50. The Labute approximate surface area is 655 Å². The highest BCUT2D eigenvalue weighted by atomic mass is 15.2. The summed E-state index contributed by atoms with van der Waals surface area (Å²) in [5.41, 5.74) is 36.8. The largest absolute Gasteiger partial charge is 0.310 e. The maximum atomic E-state index is 2.77. The molecule has 3 aliphatic rings. The molecule has 0 amide bonds. The summed E-state index contributed by atoms with van der Waals surface area (Å²) in [7, 11) is 0. The lowest BCUT2D eigenvalue weighted by molar-refractivity contribution is 0.590. The standard InChI is InChI=1S/C107H92BN3/c1-103(2,3)76-54-58-93-88(62-76)89-63-77(104(4,5)6)55-59-94(89)109(93)80-67-97-100-98(68-80)111(102-86(71-39-23-15-24-40-71)64-79(106(10,11)12)65-87(102)72-41-25-16-26-42-72)96-61-73(81-48-33-51-85-84-47-31-32-52-90(84)107(99(81)85,74-43-27-17-28-44-74)75-45-29-18-30-46-75)53-57-91(96)108(100)92-66-78(105(7,8)9)56-60-95(92)110(97)101-82(69-35-19-13-20-36-69)49-34-50-83(101)70-37-21-14-22-38-70/h13-68H,1-12H3. The van der Waals surface area contributed by atoms with Crippen molar-refractivity contribution in [2.24, 2.45) is 0 Å². The minimum absolute atomic E-state index is 0.102. The van der Waals surface area contributed by atoms with Crippen LogP contribution in [0.5, 0.6) is 0 Å². The predicted molar refractivity (Wildman–Crippen MR) is 474 cm³/mol. The monoisotopic (exact) mass is 1430 g/mol. The zero-order valence-electron chi connectivity index (χ0n) is 65.8. The van der Waals surface area contributed by atoms with Gasteiger partial charge < -0.3 is 14.4 Å². The smallest absolute Gasteiger partial charge is 0.252 e. The van der Waals surface area contributed by atoms with Crippen LogP contribution in [0.15, 0.2) is 340 Å². The van der Waals surface area contributed by atoms with Gasteiger partial charge >= 0.3 is 0 Å². The average Bonchev–Trinajstić information content (AvgIpc) is 1.57. The van der Waals surface area contributed by atoms with Crippen LogP contribution in [-0.2, 0) is 27.1 Å². The number of nitrogens with zero attached hydrogens (tertiary/aromatic N) is 3. The van der Waals surface area contributed by atoms with Crippen molar-refractivity contribution in [3.8, 4) is 72.4 Å². The molecule has 19 rings (SSSR count). The van der Waals surface area contributed by atoms with E-state index in [9.17, 15) is 0 Å². The van der Waals surface area contributed by atoms with Gasteiger partial charge in [0.05, 0.1) is 33.5 Å². The van der Waals surface area contributed by atoms with Crippen LogP contribution in [0.4, 0.5) is 34.1 Å². The van der Waals surface area contributed by atoms with Gasteiger partial charge in [-0.05, 0) is 188 Å². The van der Waals surface area contributed by atoms with Crippen molar-refractivity contribution in [3.05, 3.63) is 384 Å². The molecule has 16 aromatic rings. The van der Waals surface area contributed by atoms with Crippen LogP contribution in [0.2, 0.25) is 0 Å². The maximum absolute atomic E-state index is 2.77. The zero-order chi connectivity index (χ0) is 76.0. The fraction of sp³-hybridized carbons (Fsp3) is 0.159. The summed E-state index contributed by atoms with van der Waals surface area (Å²) in [6, 6.07) is 131. The molecule has 3 heterocycles. The topological polar surface area (TPSA) is 11.4 Å². The molecule has 0 fully saturated rings. The first-order valence-electron chi connectivity index (χ1n) is 39.7. The first-order valence-corrected chi connectivity index (χ1v) is 39.7. The van der Waals surface area contributed by atoms with Crippen LogP contribution in [0, 0.1) is 0 Å². The third kappa shape index (κ3) is 11.2. The number of para-hydroxylation sites is 1. The molecule has 3 nitrogen and oxygen atoms in total. The Bertz CT molecular complexity index is 6110. The molecule has 0 saturated carbocycles. The van der Waals surface area contributed by atoms with E-state index in [4.69, 9.17) is 0 Å². The number of aromatic nitrogens is 1. The average molecular weight is 1430 g/mol. The Morgan fingerprint density at radius 1 is 0.261 bits per heavy atom. The van der Waals surface area contributed by atoms with Gasteiger partial charge in [0.15, 0.2) is 0 Å². The van der Waals surface area contributed by atoms with E-state index in [0.29, 0.717) is 0 Å². The van der Waals surface area contributed by atoms with E-state index in [1.54, 1.807) is 0 Å². The molecule has 0 N–H and O–H groups in total. The molecule has 1 aliphatic carbocycles. The molecule has 15 aromatic carbocycles. The van der Waals surface area contributed by atoms with Crippen LogP contribution >= 0.6 is 0 Å². The van der Waals surface area contributed by atoms with Crippen molar-refractivity contribution in [3.63, 3.8) is 0 Å². The Morgan fingerprint density at radius 3 is 1.14 bits per heavy atom. The first kappa shape index (κ1) is 69.2. The summed E-state index contributed by atoms with van der Waals surface area (Å²) in [4.78, 5) is 5.48. The molecule has 0 unspecified atom stereocenters. The van der Waals surface area contributed by atoms with Gasteiger partial charge in [-0.1, -0.05) is 362 Å². The van der Waals surface area contributed by atoms with Crippen LogP contribution < -0.4 is 26.2 Å². The van der Waals surface area contributed by atoms with Gasteiger partial charge in [-0.2, -0.15) is 0 Å². The van der Waals surface area contributed by atoms with Crippen LogP contribution in [0.25, 0.3) is 94.3 Å². The van der Waals surface area contributed by atoms with E-state index < -0.39 is 5.41 Å². The number of benzene rings is 15. The van der Waals surface area contributed by atoms with E-state index >= 15 is 0 Å². The molecular weight excluding hydrogens is 1340 g/mol.